The fourth-order valence-electron chi connectivity index (χ4n) is 1.32. The van der Waals surface area contributed by atoms with Crippen LogP contribution in [0.3, 0.4) is 0 Å². The number of pyridine rings is 1. The molecule has 0 aliphatic carbocycles. The van der Waals surface area contributed by atoms with Gasteiger partial charge in [-0.1, -0.05) is 0 Å². The minimum Gasteiger partial charge on any atom is -0.300 e. The summed E-state index contributed by atoms with van der Waals surface area (Å²) < 4.78 is 0.984. The number of aromatic nitrogens is 1. The molecule has 1 aromatic rings. The second-order valence-electron chi connectivity index (χ2n) is 3.95. The minimum atomic E-state index is -0.0713. The number of halogens is 1. The lowest BCUT2D eigenvalue weighted by molar-refractivity contribution is 0.522. The highest BCUT2D eigenvalue weighted by Crippen LogP contribution is 2.18. The molecule has 0 aromatic carbocycles. The third-order valence-electron chi connectivity index (χ3n) is 2.05. The number of hydrogen-bond acceptors (Lipinski definition) is 4. The van der Waals surface area contributed by atoms with Crippen LogP contribution in [0.4, 0.5) is 0 Å². The predicted molar refractivity (Wildman–Crippen MR) is 75.0 cm³/mol. The molecule has 1 unspecified atom stereocenters. The zero-order chi connectivity index (χ0) is 12.7. The quantitative estimate of drug-likeness (QED) is 0.819. The first kappa shape index (κ1) is 14.5. The van der Waals surface area contributed by atoms with E-state index in [-0.39, 0.29) is 6.04 Å². The van der Waals surface area contributed by atoms with Crippen molar-refractivity contribution in [3.8, 4) is 6.07 Å². The maximum absolute atomic E-state index is 8.96. The van der Waals surface area contributed by atoms with Crippen LogP contribution >= 0.6 is 27.7 Å². The lowest BCUT2D eigenvalue weighted by Gasteiger charge is -2.13. The number of nitrogens with one attached hydrogen (secondary N) is 1. The third-order valence-corrected chi connectivity index (χ3v) is 3.49. The van der Waals surface area contributed by atoms with Gasteiger partial charge in [-0.25, -0.2) is 4.98 Å². The molecule has 17 heavy (non-hydrogen) atoms. The van der Waals surface area contributed by atoms with Crippen LogP contribution in [0.25, 0.3) is 0 Å². The zero-order valence-corrected chi connectivity index (χ0v) is 12.4. The fourth-order valence-corrected chi connectivity index (χ4v) is 2.41. The van der Waals surface area contributed by atoms with Crippen LogP contribution in [-0.2, 0) is 0 Å². The van der Waals surface area contributed by atoms with Gasteiger partial charge in [-0.2, -0.15) is 5.26 Å². The van der Waals surface area contributed by atoms with Crippen LogP contribution in [0.5, 0.6) is 0 Å². The molecule has 1 atom stereocenters. The molecule has 0 fully saturated rings. The summed E-state index contributed by atoms with van der Waals surface area (Å²) in [5.41, 5.74) is 0. The van der Waals surface area contributed by atoms with E-state index in [2.05, 4.69) is 32.3 Å². The van der Waals surface area contributed by atoms with Gasteiger partial charge in [0.1, 0.15) is 0 Å². The van der Waals surface area contributed by atoms with Gasteiger partial charge in [-0.3, -0.25) is 5.32 Å². The lowest BCUT2D eigenvalue weighted by atomic mass is 10.2. The average Bonchev–Trinajstić information content (AvgIpc) is 2.30. The fraction of sp³-hybridized carbons (Fsp3) is 0.500. The van der Waals surface area contributed by atoms with Crippen molar-refractivity contribution in [2.24, 2.45) is 0 Å². The SMILES string of the molecule is CC(C)NC(C#N)CCSc1ccc(Br)cn1. The Morgan fingerprint density at radius 1 is 1.53 bits per heavy atom. The van der Waals surface area contributed by atoms with Gasteiger partial charge in [-0.15, -0.1) is 11.8 Å². The average molecular weight is 314 g/mol. The van der Waals surface area contributed by atoms with Crippen molar-refractivity contribution in [3.63, 3.8) is 0 Å². The summed E-state index contributed by atoms with van der Waals surface area (Å²) in [6.07, 6.45) is 2.62. The highest BCUT2D eigenvalue weighted by Gasteiger charge is 2.08. The van der Waals surface area contributed by atoms with E-state index in [1.165, 1.54) is 0 Å². The highest BCUT2D eigenvalue weighted by atomic mass is 79.9. The number of rotatable bonds is 6. The Kier molecular flexibility index (Phi) is 6.56. The van der Waals surface area contributed by atoms with E-state index >= 15 is 0 Å². The van der Waals surface area contributed by atoms with Crippen LogP contribution in [0.2, 0.25) is 0 Å². The number of thioether (sulfide) groups is 1. The molecule has 1 rings (SSSR count). The summed E-state index contributed by atoms with van der Waals surface area (Å²) >= 11 is 5.03. The van der Waals surface area contributed by atoms with E-state index in [0.29, 0.717) is 6.04 Å². The summed E-state index contributed by atoms with van der Waals surface area (Å²) in [6.45, 7) is 4.10. The summed E-state index contributed by atoms with van der Waals surface area (Å²) in [6, 6.07) is 6.50. The Bertz CT molecular complexity index is 372. The normalized spacial score (nSPS) is 12.4. The second-order valence-corrected chi connectivity index (χ2v) is 5.99. The zero-order valence-electron chi connectivity index (χ0n) is 9.98. The maximum Gasteiger partial charge on any atom is 0.0962 e. The summed E-state index contributed by atoms with van der Waals surface area (Å²) in [5.74, 6) is 0.895. The molecule has 1 aromatic heterocycles. The molecule has 1 heterocycles. The second kappa shape index (κ2) is 7.70. The Morgan fingerprint density at radius 2 is 2.29 bits per heavy atom. The minimum absolute atomic E-state index is 0.0713. The van der Waals surface area contributed by atoms with Crippen molar-refractivity contribution in [2.75, 3.05) is 5.75 Å². The third kappa shape index (κ3) is 6.06. The standard InChI is InChI=1S/C12H16BrN3S/c1-9(2)16-11(7-14)5-6-17-12-4-3-10(13)8-15-12/h3-4,8-9,11,16H,5-6H2,1-2H3. The van der Waals surface area contributed by atoms with Gasteiger partial charge < -0.3 is 0 Å². The van der Waals surface area contributed by atoms with Crippen molar-refractivity contribution >= 4 is 27.7 Å². The lowest BCUT2D eigenvalue weighted by Crippen LogP contribution is -2.33. The van der Waals surface area contributed by atoms with Crippen LogP contribution < -0.4 is 5.32 Å². The van der Waals surface area contributed by atoms with Crippen molar-refractivity contribution in [2.45, 2.75) is 37.4 Å². The molecule has 0 saturated carbocycles. The highest BCUT2D eigenvalue weighted by molar-refractivity contribution is 9.10. The molecule has 0 aliphatic rings. The van der Waals surface area contributed by atoms with Crippen molar-refractivity contribution in [1.82, 2.24) is 10.3 Å². The molecule has 1 N–H and O–H groups in total. The molecule has 0 saturated heterocycles. The Balaban J connectivity index is 2.31. The smallest absolute Gasteiger partial charge is 0.0962 e. The molecular weight excluding hydrogens is 298 g/mol. The van der Waals surface area contributed by atoms with Gasteiger partial charge in [-0.05, 0) is 48.3 Å². The molecule has 0 spiro atoms. The van der Waals surface area contributed by atoms with E-state index in [9.17, 15) is 0 Å². The monoisotopic (exact) mass is 313 g/mol. The van der Waals surface area contributed by atoms with Crippen LogP contribution in [0.15, 0.2) is 27.8 Å². The summed E-state index contributed by atoms with van der Waals surface area (Å²) in [7, 11) is 0. The number of hydrogen-bond donors (Lipinski definition) is 1. The molecule has 0 aliphatic heterocycles. The van der Waals surface area contributed by atoms with Crippen molar-refractivity contribution in [1.29, 1.82) is 5.26 Å². The van der Waals surface area contributed by atoms with E-state index in [4.69, 9.17) is 5.26 Å². The van der Waals surface area contributed by atoms with Gasteiger partial charge >= 0.3 is 0 Å². The molecular formula is C12H16BrN3S. The van der Waals surface area contributed by atoms with Crippen LogP contribution in [-0.4, -0.2) is 22.8 Å². The van der Waals surface area contributed by atoms with Crippen LogP contribution in [0, 0.1) is 11.3 Å². The Morgan fingerprint density at radius 3 is 2.82 bits per heavy atom. The van der Waals surface area contributed by atoms with E-state index < -0.39 is 0 Å². The largest absolute Gasteiger partial charge is 0.300 e. The van der Waals surface area contributed by atoms with Gasteiger partial charge in [0.15, 0.2) is 0 Å². The van der Waals surface area contributed by atoms with Crippen molar-refractivity contribution < 1.29 is 0 Å². The predicted octanol–water partition coefficient (Wildman–Crippen LogP) is 3.22. The summed E-state index contributed by atoms with van der Waals surface area (Å²) in [5, 5.41) is 13.2. The molecule has 0 amide bonds. The molecule has 0 bridgehead atoms. The van der Waals surface area contributed by atoms with Crippen LogP contribution in [0.1, 0.15) is 20.3 Å². The molecule has 5 heteroatoms. The van der Waals surface area contributed by atoms with E-state index in [1.54, 1.807) is 18.0 Å². The Hall–Kier alpha value is -0.570. The molecule has 0 radical (unpaired) electrons. The number of nitrogens with zero attached hydrogens (tertiary/aromatic N) is 2. The first-order valence-corrected chi connectivity index (χ1v) is 7.29. The topological polar surface area (TPSA) is 48.7 Å². The summed E-state index contributed by atoms with van der Waals surface area (Å²) in [4.78, 5) is 4.27. The number of nitriles is 1. The first-order valence-electron chi connectivity index (χ1n) is 5.52. The van der Waals surface area contributed by atoms with Gasteiger partial charge in [0, 0.05) is 22.5 Å². The maximum atomic E-state index is 8.96. The van der Waals surface area contributed by atoms with Gasteiger partial charge in [0.05, 0.1) is 17.1 Å². The van der Waals surface area contributed by atoms with Gasteiger partial charge in [0.25, 0.3) is 0 Å². The molecule has 3 nitrogen and oxygen atoms in total. The van der Waals surface area contributed by atoms with E-state index in [1.807, 2.05) is 26.0 Å². The Labute approximate surface area is 115 Å². The molecule has 92 valence electrons. The van der Waals surface area contributed by atoms with Crippen molar-refractivity contribution in [3.05, 3.63) is 22.8 Å². The van der Waals surface area contributed by atoms with E-state index in [0.717, 1.165) is 21.7 Å². The van der Waals surface area contributed by atoms with Gasteiger partial charge in [0.2, 0.25) is 0 Å². The first-order chi connectivity index (χ1) is 8.11.